The molecule has 0 saturated carbocycles. The molecule has 0 bridgehead atoms. The second-order valence-corrected chi connectivity index (χ2v) is 3.68. The first-order valence-electron chi connectivity index (χ1n) is 5.17. The highest BCUT2D eigenvalue weighted by Crippen LogP contribution is 2.20. The van der Waals surface area contributed by atoms with Crippen LogP contribution in [-0.4, -0.2) is 40.7 Å². The van der Waals surface area contributed by atoms with E-state index in [1.165, 1.54) is 18.0 Å². The van der Waals surface area contributed by atoms with Crippen LogP contribution < -0.4 is 4.74 Å². The monoisotopic (exact) mass is 226 g/mol. The number of carboxylic acids is 1. The molecule has 1 atom stereocenters. The fourth-order valence-corrected chi connectivity index (χ4v) is 1.85. The van der Waals surface area contributed by atoms with E-state index in [0.29, 0.717) is 6.54 Å². The molecule has 1 aliphatic rings. The van der Waals surface area contributed by atoms with Crippen molar-refractivity contribution in [2.45, 2.75) is 25.5 Å². The van der Waals surface area contributed by atoms with E-state index in [1.807, 2.05) is 0 Å². The highest BCUT2D eigenvalue weighted by Gasteiger charge is 2.23. The summed E-state index contributed by atoms with van der Waals surface area (Å²) in [5, 5.41) is 13.1. The Morgan fingerprint density at radius 1 is 1.81 bits per heavy atom. The van der Waals surface area contributed by atoms with Crippen LogP contribution in [0.1, 0.15) is 23.3 Å². The average Bonchev–Trinajstić information content (AvgIpc) is 2.87. The Bertz CT molecular complexity index is 382. The van der Waals surface area contributed by atoms with Crippen molar-refractivity contribution < 1.29 is 19.4 Å². The standard InChI is InChI=1S/C10H14N2O4/c1-15-8-5-11-12(9(8)10(13)14)6-7-3-2-4-16-7/h5,7H,2-4,6H2,1H3,(H,13,14). The largest absolute Gasteiger partial charge is 0.493 e. The van der Waals surface area contributed by atoms with Crippen LogP contribution in [0, 0.1) is 0 Å². The first-order chi connectivity index (χ1) is 7.72. The molecular weight excluding hydrogens is 212 g/mol. The zero-order valence-corrected chi connectivity index (χ0v) is 9.05. The van der Waals surface area contributed by atoms with Crippen molar-refractivity contribution in [3.05, 3.63) is 11.9 Å². The number of carboxylic acid groups (broad SMARTS) is 1. The summed E-state index contributed by atoms with van der Waals surface area (Å²) in [6, 6.07) is 0. The number of aromatic carboxylic acids is 1. The molecular formula is C10H14N2O4. The lowest BCUT2D eigenvalue weighted by Crippen LogP contribution is -2.20. The zero-order chi connectivity index (χ0) is 11.5. The number of hydrogen-bond donors (Lipinski definition) is 1. The van der Waals surface area contributed by atoms with Gasteiger partial charge in [-0.1, -0.05) is 0 Å². The molecule has 6 heteroatoms. The van der Waals surface area contributed by atoms with Crippen molar-refractivity contribution in [3.63, 3.8) is 0 Å². The van der Waals surface area contributed by atoms with Gasteiger partial charge in [0.2, 0.25) is 0 Å². The minimum absolute atomic E-state index is 0.0581. The summed E-state index contributed by atoms with van der Waals surface area (Å²) in [6.45, 7) is 1.20. The molecule has 88 valence electrons. The maximum Gasteiger partial charge on any atom is 0.358 e. The normalized spacial score (nSPS) is 19.9. The van der Waals surface area contributed by atoms with E-state index in [2.05, 4.69) is 5.10 Å². The molecule has 0 amide bonds. The van der Waals surface area contributed by atoms with Gasteiger partial charge in [-0.05, 0) is 12.8 Å². The number of hydrogen-bond acceptors (Lipinski definition) is 4. The fourth-order valence-electron chi connectivity index (χ4n) is 1.85. The molecule has 16 heavy (non-hydrogen) atoms. The molecule has 1 saturated heterocycles. The minimum atomic E-state index is -1.03. The van der Waals surface area contributed by atoms with Crippen LogP contribution >= 0.6 is 0 Å². The van der Waals surface area contributed by atoms with E-state index in [-0.39, 0.29) is 17.5 Å². The number of rotatable bonds is 4. The van der Waals surface area contributed by atoms with Crippen molar-refractivity contribution in [1.29, 1.82) is 0 Å². The van der Waals surface area contributed by atoms with Gasteiger partial charge in [-0.3, -0.25) is 4.68 Å². The van der Waals surface area contributed by atoms with Gasteiger partial charge in [-0.15, -0.1) is 0 Å². The second-order valence-electron chi connectivity index (χ2n) is 3.68. The van der Waals surface area contributed by atoms with Crippen LogP contribution in [0.15, 0.2) is 6.20 Å². The summed E-state index contributed by atoms with van der Waals surface area (Å²) >= 11 is 0. The van der Waals surface area contributed by atoms with Crippen molar-refractivity contribution in [2.75, 3.05) is 13.7 Å². The average molecular weight is 226 g/mol. The lowest BCUT2D eigenvalue weighted by molar-refractivity contribution is 0.0660. The SMILES string of the molecule is COc1cnn(CC2CCCO2)c1C(=O)O. The third-order valence-corrected chi connectivity index (χ3v) is 2.63. The third-order valence-electron chi connectivity index (χ3n) is 2.63. The van der Waals surface area contributed by atoms with Crippen molar-refractivity contribution in [1.82, 2.24) is 9.78 Å². The molecule has 0 spiro atoms. The van der Waals surface area contributed by atoms with Crippen LogP contribution in [-0.2, 0) is 11.3 Å². The summed E-state index contributed by atoms with van der Waals surface area (Å²) in [6.07, 6.45) is 3.44. The van der Waals surface area contributed by atoms with Crippen LogP contribution in [0.2, 0.25) is 0 Å². The highest BCUT2D eigenvalue weighted by atomic mass is 16.5. The van der Waals surface area contributed by atoms with E-state index in [1.54, 1.807) is 0 Å². The van der Waals surface area contributed by atoms with Gasteiger partial charge in [0.05, 0.1) is 26.0 Å². The van der Waals surface area contributed by atoms with Gasteiger partial charge in [0.25, 0.3) is 0 Å². The van der Waals surface area contributed by atoms with Gasteiger partial charge in [-0.25, -0.2) is 4.79 Å². The summed E-state index contributed by atoms with van der Waals surface area (Å²) in [5.74, 6) is -0.752. The predicted octanol–water partition coefficient (Wildman–Crippen LogP) is 0.769. The summed E-state index contributed by atoms with van der Waals surface area (Å²) in [5.41, 5.74) is 0.0815. The van der Waals surface area contributed by atoms with Crippen LogP contribution in [0.3, 0.4) is 0 Å². The Hall–Kier alpha value is -1.56. The quantitative estimate of drug-likeness (QED) is 0.820. The maximum absolute atomic E-state index is 11.1. The van der Waals surface area contributed by atoms with E-state index in [4.69, 9.17) is 14.6 Å². The Balaban J connectivity index is 2.19. The molecule has 1 aliphatic heterocycles. The molecule has 1 fully saturated rings. The molecule has 1 aromatic rings. The first-order valence-corrected chi connectivity index (χ1v) is 5.17. The smallest absolute Gasteiger partial charge is 0.358 e. The molecule has 1 N–H and O–H groups in total. The molecule has 0 aromatic carbocycles. The lowest BCUT2D eigenvalue weighted by atomic mass is 10.2. The van der Waals surface area contributed by atoms with E-state index in [9.17, 15) is 4.79 Å². The molecule has 0 radical (unpaired) electrons. The van der Waals surface area contributed by atoms with Gasteiger partial charge in [0.1, 0.15) is 0 Å². The Morgan fingerprint density at radius 2 is 2.62 bits per heavy atom. The number of ether oxygens (including phenoxy) is 2. The van der Waals surface area contributed by atoms with Crippen LogP contribution in [0.5, 0.6) is 5.75 Å². The number of aromatic nitrogens is 2. The van der Waals surface area contributed by atoms with Crippen molar-refractivity contribution >= 4 is 5.97 Å². The summed E-state index contributed by atoms with van der Waals surface area (Å²) < 4.78 is 11.8. The fraction of sp³-hybridized carbons (Fsp3) is 0.600. The zero-order valence-electron chi connectivity index (χ0n) is 9.05. The molecule has 2 heterocycles. The number of carbonyl (C=O) groups is 1. The second kappa shape index (κ2) is 4.52. The Labute approximate surface area is 92.8 Å². The van der Waals surface area contributed by atoms with Crippen molar-refractivity contribution in [2.24, 2.45) is 0 Å². The number of nitrogens with zero attached hydrogens (tertiary/aromatic N) is 2. The summed E-state index contributed by atoms with van der Waals surface area (Å²) in [7, 11) is 1.43. The van der Waals surface area contributed by atoms with Gasteiger partial charge in [0, 0.05) is 6.61 Å². The Kier molecular flexibility index (Phi) is 3.09. The highest BCUT2D eigenvalue weighted by molar-refractivity contribution is 5.88. The molecule has 0 aliphatic carbocycles. The van der Waals surface area contributed by atoms with Crippen molar-refractivity contribution in [3.8, 4) is 5.75 Å². The topological polar surface area (TPSA) is 73.6 Å². The first kappa shape index (κ1) is 10.9. The number of methoxy groups -OCH3 is 1. The van der Waals surface area contributed by atoms with Gasteiger partial charge in [0.15, 0.2) is 11.4 Å². The van der Waals surface area contributed by atoms with Gasteiger partial charge in [-0.2, -0.15) is 5.10 Å². The maximum atomic E-state index is 11.1. The minimum Gasteiger partial charge on any atom is -0.493 e. The summed E-state index contributed by atoms with van der Waals surface area (Å²) in [4.78, 5) is 11.1. The third kappa shape index (κ3) is 2.01. The predicted molar refractivity (Wildman–Crippen MR) is 54.7 cm³/mol. The molecule has 6 nitrogen and oxygen atoms in total. The van der Waals surface area contributed by atoms with Gasteiger partial charge < -0.3 is 14.6 Å². The molecule has 1 aromatic heterocycles. The van der Waals surface area contributed by atoms with E-state index >= 15 is 0 Å². The van der Waals surface area contributed by atoms with Crippen LogP contribution in [0.25, 0.3) is 0 Å². The van der Waals surface area contributed by atoms with Gasteiger partial charge >= 0.3 is 5.97 Å². The Morgan fingerprint density at radius 3 is 3.19 bits per heavy atom. The molecule has 1 unspecified atom stereocenters. The molecule has 2 rings (SSSR count). The van der Waals surface area contributed by atoms with E-state index in [0.717, 1.165) is 19.4 Å². The lowest BCUT2D eigenvalue weighted by Gasteiger charge is -2.10. The van der Waals surface area contributed by atoms with Crippen LogP contribution in [0.4, 0.5) is 0 Å². The van der Waals surface area contributed by atoms with E-state index < -0.39 is 5.97 Å².